The van der Waals surface area contributed by atoms with E-state index in [1.165, 1.54) is 0 Å². The fraction of sp³-hybridized carbons (Fsp3) is 0.300. The zero-order valence-corrected chi connectivity index (χ0v) is 10.7. The van der Waals surface area contributed by atoms with Crippen LogP contribution in [0.5, 0.6) is 0 Å². The third kappa shape index (κ3) is 3.81. The number of pyridine rings is 1. The molecular formula is C10H13N4Se. The van der Waals surface area contributed by atoms with Crippen molar-refractivity contribution in [3.8, 4) is 0 Å². The summed E-state index contributed by atoms with van der Waals surface area (Å²) in [5, 5.41) is 8.12. The van der Waals surface area contributed by atoms with Gasteiger partial charge < -0.3 is 0 Å². The Balaban J connectivity index is 2.82. The minimum absolute atomic E-state index is 0.741. The van der Waals surface area contributed by atoms with Gasteiger partial charge in [0.15, 0.2) is 0 Å². The number of hydrogen-bond donors (Lipinski definition) is 0. The van der Waals surface area contributed by atoms with Crippen LogP contribution in [-0.4, -0.2) is 50.4 Å². The Bertz CT molecular complexity index is 370. The third-order valence-electron chi connectivity index (χ3n) is 1.70. The van der Waals surface area contributed by atoms with E-state index in [0.717, 1.165) is 16.1 Å². The maximum atomic E-state index is 4.18. The molecule has 0 aliphatic heterocycles. The van der Waals surface area contributed by atoms with Crippen LogP contribution in [0.3, 0.4) is 0 Å². The summed E-state index contributed by atoms with van der Waals surface area (Å²) in [5.74, 6) is 0. The van der Waals surface area contributed by atoms with Crippen LogP contribution in [0.25, 0.3) is 0 Å². The minimum atomic E-state index is 0.741. The molecule has 1 aromatic rings. The van der Waals surface area contributed by atoms with Gasteiger partial charge in [-0.15, -0.1) is 0 Å². The Labute approximate surface area is 97.9 Å². The standard InChI is InChI=1S/C10H13N4Se/c1-8(9-6-4-5-7-11-9)12-13-10(15)14(2)3/h4-7H,1-3H3/b12-8-,13-10-. The summed E-state index contributed by atoms with van der Waals surface area (Å²) in [6.45, 7) is 1.88. The van der Waals surface area contributed by atoms with Crippen molar-refractivity contribution in [3.05, 3.63) is 30.1 Å². The first-order valence-electron chi connectivity index (χ1n) is 4.49. The van der Waals surface area contributed by atoms with Crippen LogP contribution >= 0.6 is 0 Å². The molecule has 79 valence electrons. The van der Waals surface area contributed by atoms with Gasteiger partial charge in [0.05, 0.1) is 0 Å². The van der Waals surface area contributed by atoms with Crippen molar-refractivity contribution in [1.29, 1.82) is 0 Å². The molecule has 1 radical (unpaired) electrons. The average Bonchev–Trinajstić information content (AvgIpc) is 2.26. The second kappa shape index (κ2) is 5.63. The number of aromatic nitrogens is 1. The topological polar surface area (TPSA) is 40.9 Å². The van der Waals surface area contributed by atoms with Gasteiger partial charge in [-0.2, -0.15) is 0 Å². The summed E-state index contributed by atoms with van der Waals surface area (Å²) in [7, 11) is 3.81. The molecule has 5 heteroatoms. The van der Waals surface area contributed by atoms with E-state index in [2.05, 4.69) is 31.2 Å². The summed E-state index contributed by atoms with van der Waals surface area (Å²) in [5.41, 5.74) is 1.64. The molecule has 0 saturated carbocycles. The van der Waals surface area contributed by atoms with E-state index in [9.17, 15) is 0 Å². The van der Waals surface area contributed by atoms with Gasteiger partial charge in [-0.25, -0.2) is 0 Å². The van der Waals surface area contributed by atoms with Gasteiger partial charge in [0, 0.05) is 0 Å². The molecule has 0 saturated heterocycles. The molecular weight excluding hydrogens is 255 g/mol. The Morgan fingerprint density at radius 2 is 2.07 bits per heavy atom. The first-order chi connectivity index (χ1) is 7.11. The second-order valence-corrected chi connectivity index (χ2v) is 3.94. The Morgan fingerprint density at radius 1 is 1.33 bits per heavy atom. The molecule has 0 fully saturated rings. The third-order valence-corrected chi connectivity index (χ3v) is 2.64. The predicted molar refractivity (Wildman–Crippen MR) is 63.3 cm³/mol. The first-order valence-corrected chi connectivity index (χ1v) is 5.35. The predicted octanol–water partition coefficient (Wildman–Crippen LogP) is 0.892. The SMILES string of the molecule is C/C(=N/N=C(\[Se])N(C)C)c1ccccn1. The van der Waals surface area contributed by atoms with Crippen LogP contribution < -0.4 is 0 Å². The van der Waals surface area contributed by atoms with Crippen molar-refractivity contribution < 1.29 is 0 Å². The fourth-order valence-electron chi connectivity index (χ4n) is 0.835. The van der Waals surface area contributed by atoms with Crippen molar-refractivity contribution in [3.63, 3.8) is 0 Å². The molecule has 0 aliphatic rings. The number of hydrogen-bond acceptors (Lipinski definition) is 3. The second-order valence-electron chi connectivity index (χ2n) is 3.18. The zero-order chi connectivity index (χ0) is 11.3. The van der Waals surface area contributed by atoms with E-state index in [4.69, 9.17) is 0 Å². The van der Waals surface area contributed by atoms with Gasteiger partial charge >= 0.3 is 97.7 Å². The van der Waals surface area contributed by atoms with Crippen molar-refractivity contribution in [2.24, 2.45) is 10.2 Å². The van der Waals surface area contributed by atoms with Gasteiger partial charge in [-0.1, -0.05) is 0 Å². The molecule has 0 spiro atoms. The van der Waals surface area contributed by atoms with Crippen molar-refractivity contribution in [2.75, 3.05) is 14.1 Å². The normalized spacial score (nSPS) is 12.7. The Morgan fingerprint density at radius 3 is 2.60 bits per heavy atom. The summed E-state index contributed by atoms with van der Waals surface area (Å²) in [6.07, 6.45) is 1.74. The molecule has 0 aliphatic carbocycles. The van der Waals surface area contributed by atoms with Crippen LogP contribution in [0.2, 0.25) is 0 Å². The molecule has 4 nitrogen and oxygen atoms in total. The number of amidine groups is 1. The fourth-order valence-corrected chi connectivity index (χ4v) is 0.921. The maximum absolute atomic E-state index is 4.18. The van der Waals surface area contributed by atoms with Gasteiger partial charge in [0.2, 0.25) is 0 Å². The molecule has 0 N–H and O–H groups in total. The van der Waals surface area contributed by atoms with Crippen molar-refractivity contribution in [2.45, 2.75) is 6.92 Å². The van der Waals surface area contributed by atoms with Crippen LogP contribution in [0, 0.1) is 0 Å². The van der Waals surface area contributed by atoms with Gasteiger partial charge in [-0.3, -0.25) is 0 Å². The quantitative estimate of drug-likeness (QED) is 0.346. The Hall–Kier alpha value is -1.19. The first kappa shape index (κ1) is 11.9. The van der Waals surface area contributed by atoms with E-state index in [0.29, 0.717) is 0 Å². The monoisotopic (exact) mass is 269 g/mol. The van der Waals surface area contributed by atoms with Gasteiger partial charge in [0.25, 0.3) is 0 Å². The summed E-state index contributed by atoms with van der Waals surface area (Å²) >= 11 is 2.83. The summed E-state index contributed by atoms with van der Waals surface area (Å²) in [4.78, 5) is 6.03. The number of rotatable bonds is 2. The molecule has 15 heavy (non-hydrogen) atoms. The average molecular weight is 268 g/mol. The summed E-state index contributed by atoms with van der Waals surface area (Å²) in [6, 6.07) is 5.71. The molecule has 0 amide bonds. The molecule has 0 bridgehead atoms. The van der Waals surface area contributed by atoms with Crippen LogP contribution in [0.15, 0.2) is 34.6 Å². The van der Waals surface area contributed by atoms with E-state index >= 15 is 0 Å². The van der Waals surface area contributed by atoms with E-state index < -0.39 is 0 Å². The molecule has 0 aromatic carbocycles. The van der Waals surface area contributed by atoms with Crippen molar-refractivity contribution in [1.82, 2.24) is 9.88 Å². The van der Waals surface area contributed by atoms with E-state index in [1.807, 2.05) is 44.1 Å². The molecule has 1 heterocycles. The number of nitrogens with zero attached hydrogens (tertiary/aromatic N) is 4. The van der Waals surface area contributed by atoms with E-state index in [-0.39, 0.29) is 0 Å². The molecule has 0 atom stereocenters. The molecule has 0 unspecified atom stereocenters. The van der Waals surface area contributed by atoms with E-state index in [1.54, 1.807) is 6.20 Å². The van der Waals surface area contributed by atoms with Crippen LogP contribution in [-0.2, 0) is 0 Å². The zero-order valence-electron chi connectivity index (χ0n) is 9.01. The van der Waals surface area contributed by atoms with Gasteiger partial charge in [-0.05, 0) is 0 Å². The van der Waals surface area contributed by atoms with Gasteiger partial charge in [0.1, 0.15) is 0 Å². The summed E-state index contributed by atoms with van der Waals surface area (Å²) < 4.78 is 0.741. The van der Waals surface area contributed by atoms with Crippen molar-refractivity contribution >= 4 is 26.5 Å². The van der Waals surface area contributed by atoms with Crippen LogP contribution in [0.4, 0.5) is 0 Å². The Kier molecular flexibility index (Phi) is 4.46. The van der Waals surface area contributed by atoms with Crippen LogP contribution in [0.1, 0.15) is 12.6 Å². The molecule has 1 rings (SSSR count). The molecule has 1 aromatic heterocycles.